The largest absolute Gasteiger partial charge is 0.374 e. The number of aliphatic hydroxyl groups excluding tert-OH is 1. The van der Waals surface area contributed by atoms with Crippen LogP contribution in [-0.2, 0) is 93.6 Å². The van der Waals surface area contributed by atoms with Crippen LogP contribution < -0.4 is 0 Å². The van der Waals surface area contributed by atoms with Crippen molar-refractivity contribution >= 4 is 0 Å². The zero-order valence-electron chi connectivity index (χ0n) is 40.4. The highest BCUT2D eigenvalue weighted by Gasteiger charge is 2.54. The Morgan fingerprint density at radius 3 is 0.931 bits per heavy atom. The van der Waals surface area contributed by atoms with Crippen LogP contribution in [0.2, 0.25) is 0 Å². The van der Waals surface area contributed by atoms with Gasteiger partial charge in [0.25, 0.3) is 0 Å². The van der Waals surface area contributed by atoms with Gasteiger partial charge in [0.2, 0.25) is 0 Å². The van der Waals surface area contributed by atoms with Gasteiger partial charge in [0.1, 0.15) is 48.8 Å². The molecule has 0 aromatic heterocycles. The molecule has 0 aliphatic carbocycles. The molecule has 0 bridgehead atoms. The molecule has 7 aromatic rings. The van der Waals surface area contributed by atoms with Crippen LogP contribution in [0.5, 0.6) is 0 Å². The standard InChI is InChI=1S/C61H64O11/c62-60-58(68-41-50-32-18-6-19-33-50)57(67-40-49-30-16-5-17-31-49)55(53(70-60)44-64-37-46-24-10-2-11-25-46)72-61-59(69-42-51-34-20-7-21-35-51)56(66-39-48-28-14-4-15-29-48)54(65-38-47-26-12-3-13-27-47)52(71-61)43-63-36-45-22-8-1-9-23-45/h1-35,52-62H,36-44H2/t52-,53-,54+,55-,56+,57+,58-,59-,60+,61?/m1/s1. The highest BCUT2D eigenvalue weighted by molar-refractivity contribution is 5.19. The van der Waals surface area contributed by atoms with Crippen LogP contribution in [0, 0.1) is 0 Å². The van der Waals surface area contributed by atoms with E-state index in [0.29, 0.717) is 13.2 Å². The molecule has 2 fully saturated rings. The van der Waals surface area contributed by atoms with Crippen molar-refractivity contribution in [1.29, 1.82) is 0 Å². The second-order valence-corrected chi connectivity index (χ2v) is 18.0. The van der Waals surface area contributed by atoms with E-state index in [1.165, 1.54) is 0 Å². The Morgan fingerprint density at radius 2 is 0.569 bits per heavy atom. The lowest BCUT2D eigenvalue weighted by atomic mass is 9.95. The molecule has 2 aliphatic heterocycles. The van der Waals surface area contributed by atoms with Crippen LogP contribution in [0.25, 0.3) is 0 Å². The Bertz CT molecular complexity index is 2550. The zero-order valence-corrected chi connectivity index (χ0v) is 40.4. The summed E-state index contributed by atoms with van der Waals surface area (Å²) in [5.41, 5.74) is 6.75. The molecule has 11 nitrogen and oxygen atoms in total. The maximum absolute atomic E-state index is 12.0. The third-order valence-corrected chi connectivity index (χ3v) is 12.7. The summed E-state index contributed by atoms with van der Waals surface area (Å²) in [6.45, 7) is 1.91. The molecule has 11 heteroatoms. The average Bonchev–Trinajstić information content (AvgIpc) is 3.43. The van der Waals surface area contributed by atoms with Crippen LogP contribution >= 0.6 is 0 Å². The van der Waals surface area contributed by atoms with E-state index in [-0.39, 0.29) is 46.2 Å². The van der Waals surface area contributed by atoms with Gasteiger partial charge in [-0.3, -0.25) is 0 Å². The fourth-order valence-corrected chi connectivity index (χ4v) is 8.97. The molecule has 0 spiro atoms. The van der Waals surface area contributed by atoms with Gasteiger partial charge in [-0.15, -0.1) is 0 Å². The van der Waals surface area contributed by atoms with Gasteiger partial charge in [0.15, 0.2) is 12.6 Å². The van der Waals surface area contributed by atoms with Crippen molar-refractivity contribution in [3.8, 4) is 0 Å². The molecule has 0 radical (unpaired) electrons. The summed E-state index contributed by atoms with van der Waals surface area (Å²) in [6, 6.07) is 69.6. The molecule has 2 aliphatic rings. The lowest BCUT2D eigenvalue weighted by Gasteiger charge is -2.49. The fourth-order valence-electron chi connectivity index (χ4n) is 8.97. The van der Waals surface area contributed by atoms with E-state index in [1.54, 1.807) is 0 Å². The molecule has 1 N–H and O–H groups in total. The summed E-state index contributed by atoms with van der Waals surface area (Å²) < 4.78 is 68.6. The summed E-state index contributed by atoms with van der Waals surface area (Å²) in [5, 5.41) is 12.0. The summed E-state index contributed by atoms with van der Waals surface area (Å²) in [4.78, 5) is 0. The normalized spacial score (nSPS) is 24.2. The van der Waals surface area contributed by atoms with Crippen LogP contribution in [-0.4, -0.2) is 79.7 Å². The predicted molar refractivity (Wildman–Crippen MR) is 272 cm³/mol. The fraction of sp³-hybridized carbons (Fsp3) is 0.311. The summed E-state index contributed by atoms with van der Waals surface area (Å²) in [5.74, 6) is 0. The minimum atomic E-state index is -1.41. The molecular weight excluding hydrogens is 909 g/mol. The Morgan fingerprint density at radius 1 is 0.292 bits per heavy atom. The molecule has 0 amide bonds. The lowest BCUT2D eigenvalue weighted by Crippen LogP contribution is -2.66. The van der Waals surface area contributed by atoms with E-state index < -0.39 is 61.4 Å². The Kier molecular flexibility index (Phi) is 19.3. The highest BCUT2D eigenvalue weighted by atomic mass is 16.8. The first-order valence-electron chi connectivity index (χ1n) is 24.8. The molecule has 1 unspecified atom stereocenters. The maximum Gasteiger partial charge on any atom is 0.187 e. The zero-order chi connectivity index (χ0) is 49.0. The Labute approximate surface area is 423 Å². The van der Waals surface area contributed by atoms with E-state index in [4.69, 9.17) is 47.4 Å². The summed E-state index contributed by atoms with van der Waals surface area (Å²) >= 11 is 0. The van der Waals surface area contributed by atoms with E-state index in [1.807, 2.05) is 212 Å². The number of aliphatic hydroxyl groups is 1. The van der Waals surface area contributed by atoms with Gasteiger partial charge in [-0.25, -0.2) is 0 Å². The Balaban J connectivity index is 1.10. The minimum absolute atomic E-state index is 0.0375. The van der Waals surface area contributed by atoms with Crippen molar-refractivity contribution in [2.24, 2.45) is 0 Å². The van der Waals surface area contributed by atoms with Crippen LogP contribution in [0.4, 0.5) is 0 Å². The van der Waals surface area contributed by atoms with Crippen molar-refractivity contribution in [1.82, 2.24) is 0 Å². The van der Waals surface area contributed by atoms with Gasteiger partial charge >= 0.3 is 0 Å². The molecular formula is C61H64O11. The van der Waals surface area contributed by atoms with E-state index >= 15 is 0 Å². The molecule has 7 aromatic carbocycles. The van der Waals surface area contributed by atoms with Crippen LogP contribution in [0.1, 0.15) is 38.9 Å². The monoisotopic (exact) mass is 972 g/mol. The average molecular weight is 973 g/mol. The SMILES string of the molecule is O[C@H]1O[C@H](COCc2ccccc2)[C@@H](OC2O[C@H](COCc3ccccc3)[C@H](OCc3ccccc3)[C@H](OCc3ccccc3)[C@H]2OCc2ccccc2)[C@H](OCc2ccccc2)[C@H]1OCc1ccccc1. The second kappa shape index (κ2) is 27.2. The lowest BCUT2D eigenvalue weighted by molar-refractivity contribution is -0.374. The molecule has 2 heterocycles. The van der Waals surface area contributed by atoms with Crippen molar-refractivity contribution in [3.63, 3.8) is 0 Å². The topological polar surface area (TPSA) is 113 Å². The van der Waals surface area contributed by atoms with Crippen LogP contribution in [0.3, 0.4) is 0 Å². The van der Waals surface area contributed by atoms with Gasteiger partial charge in [0.05, 0.1) is 59.5 Å². The molecule has 72 heavy (non-hydrogen) atoms. The van der Waals surface area contributed by atoms with Gasteiger partial charge in [-0.1, -0.05) is 212 Å². The maximum atomic E-state index is 12.0. The summed E-state index contributed by atoms with van der Waals surface area (Å²) in [7, 11) is 0. The molecule has 10 atom stereocenters. The number of hydrogen-bond donors (Lipinski definition) is 1. The van der Waals surface area contributed by atoms with Gasteiger partial charge in [-0.2, -0.15) is 0 Å². The van der Waals surface area contributed by atoms with Crippen molar-refractivity contribution in [2.45, 2.75) is 108 Å². The van der Waals surface area contributed by atoms with Crippen molar-refractivity contribution in [3.05, 3.63) is 251 Å². The second-order valence-electron chi connectivity index (χ2n) is 18.0. The predicted octanol–water partition coefficient (Wildman–Crippen LogP) is 10.2. The van der Waals surface area contributed by atoms with Crippen LogP contribution in [0.15, 0.2) is 212 Å². The molecule has 9 rings (SSSR count). The van der Waals surface area contributed by atoms with E-state index in [9.17, 15) is 5.11 Å². The third kappa shape index (κ3) is 14.8. The molecule has 2 saturated heterocycles. The number of rotatable bonds is 25. The number of benzene rings is 7. The van der Waals surface area contributed by atoms with Crippen molar-refractivity contribution < 1.29 is 52.5 Å². The van der Waals surface area contributed by atoms with Gasteiger partial charge in [0, 0.05) is 0 Å². The molecule has 374 valence electrons. The van der Waals surface area contributed by atoms with E-state index in [2.05, 4.69) is 0 Å². The number of ether oxygens (including phenoxy) is 10. The number of hydrogen-bond acceptors (Lipinski definition) is 11. The quantitative estimate of drug-likeness (QED) is 0.0591. The van der Waals surface area contributed by atoms with Gasteiger partial charge < -0.3 is 52.5 Å². The third-order valence-electron chi connectivity index (χ3n) is 12.7. The Hall–Kier alpha value is -5.90. The minimum Gasteiger partial charge on any atom is -0.374 e. The first kappa shape index (κ1) is 51.0. The first-order valence-corrected chi connectivity index (χ1v) is 24.8. The smallest absolute Gasteiger partial charge is 0.187 e. The highest BCUT2D eigenvalue weighted by Crippen LogP contribution is 2.36. The molecule has 0 saturated carbocycles. The van der Waals surface area contributed by atoms with E-state index in [0.717, 1.165) is 38.9 Å². The first-order chi connectivity index (χ1) is 35.6. The summed E-state index contributed by atoms with van der Waals surface area (Å²) in [6.07, 6.45) is -9.37. The van der Waals surface area contributed by atoms with Gasteiger partial charge in [-0.05, 0) is 38.9 Å². The van der Waals surface area contributed by atoms with Crippen molar-refractivity contribution in [2.75, 3.05) is 13.2 Å².